The normalized spacial score (nSPS) is 15.0. The van der Waals surface area contributed by atoms with Crippen LogP contribution in [0.2, 0.25) is 10.0 Å². The van der Waals surface area contributed by atoms with Crippen molar-refractivity contribution in [2.75, 3.05) is 18.4 Å². The van der Waals surface area contributed by atoms with Crippen molar-refractivity contribution < 1.29 is 13.2 Å². The molecule has 1 aliphatic rings. The van der Waals surface area contributed by atoms with E-state index in [0.717, 1.165) is 18.4 Å². The van der Waals surface area contributed by atoms with Crippen molar-refractivity contribution in [1.29, 1.82) is 0 Å². The standard InChI is InChI=1S/C19H20Cl2N2O3S/c20-17-4-3-5-18(21)16(17)10-11-19(24)22-14-6-8-15(9-7-14)27(25,26)23-12-1-2-13-23/h3-9H,1-2,10-13H2,(H,22,24). The Bertz CT molecular complexity index is 904. The molecule has 3 rings (SSSR count). The van der Waals surface area contributed by atoms with E-state index in [4.69, 9.17) is 23.2 Å². The highest BCUT2D eigenvalue weighted by atomic mass is 35.5. The van der Waals surface area contributed by atoms with Crippen molar-refractivity contribution in [2.24, 2.45) is 0 Å². The molecule has 0 radical (unpaired) electrons. The minimum Gasteiger partial charge on any atom is -0.326 e. The van der Waals surface area contributed by atoms with Gasteiger partial charge in [0, 0.05) is 35.2 Å². The molecule has 2 aromatic carbocycles. The Morgan fingerprint density at radius 2 is 1.59 bits per heavy atom. The number of carbonyl (C=O) groups excluding carboxylic acids is 1. The second kappa shape index (κ2) is 8.61. The molecule has 144 valence electrons. The van der Waals surface area contributed by atoms with Crippen molar-refractivity contribution in [3.8, 4) is 0 Å². The molecule has 1 heterocycles. The van der Waals surface area contributed by atoms with E-state index in [1.165, 1.54) is 16.4 Å². The molecule has 5 nitrogen and oxygen atoms in total. The number of carbonyl (C=O) groups is 1. The average molecular weight is 427 g/mol. The second-order valence-electron chi connectivity index (χ2n) is 6.38. The first-order chi connectivity index (χ1) is 12.9. The van der Waals surface area contributed by atoms with Crippen molar-refractivity contribution in [3.05, 3.63) is 58.1 Å². The van der Waals surface area contributed by atoms with Gasteiger partial charge in [0.1, 0.15) is 0 Å². The molecule has 0 spiro atoms. The number of sulfonamides is 1. The van der Waals surface area contributed by atoms with Crippen molar-refractivity contribution in [1.82, 2.24) is 4.31 Å². The molecule has 0 bridgehead atoms. The van der Waals surface area contributed by atoms with E-state index in [1.54, 1.807) is 30.3 Å². The van der Waals surface area contributed by atoms with Gasteiger partial charge in [-0.25, -0.2) is 8.42 Å². The summed E-state index contributed by atoms with van der Waals surface area (Å²) in [5.74, 6) is -0.193. The fourth-order valence-corrected chi connectivity index (χ4v) is 5.12. The minimum absolute atomic E-state index is 0.193. The third-order valence-corrected chi connectivity index (χ3v) is 7.13. The van der Waals surface area contributed by atoms with E-state index in [9.17, 15) is 13.2 Å². The molecule has 27 heavy (non-hydrogen) atoms. The molecule has 8 heteroatoms. The molecule has 0 atom stereocenters. The van der Waals surface area contributed by atoms with E-state index in [0.29, 0.717) is 35.2 Å². The van der Waals surface area contributed by atoms with Gasteiger partial charge in [-0.1, -0.05) is 29.3 Å². The Morgan fingerprint density at radius 1 is 1.00 bits per heavy atom. The van der Waals surface area contributed by atoms with Crippen LogP contribution in [-0.2, 0) is 21.2 Å². The van der Waals surface area contributed by atoms with Crippen LogP contribution in [-0.4, -0.2) is 31.7 Å². The van der Waals surface area contributed by atoms with Crippen molar-refractivity contribution in [3.63, 3.8) is 0 Å². The first-order valence-corrected chi connectivity index (χ1v) is 10.9. The van der Waals surface area contributed by atoms with Crippen LogP contribution in [0.1, 0.15) is 24.8 Å². The van der Waals surface area contributed by atoms with Crippen LogP contribution in [0.5, 0.6) is 0 Å². The molecule has 0 aromatic heterocycles. The highest BCUT2D eigenvalue weighted by Gasteiger charge is 2.26. The van der Waals surface area contributed by atoms with Gasteiger partial charge in [0.2, 0.25) is 15.9 Å². The number of nitrogens with zero attached hydrogens (tertiary/aromatic N) is 1. The summed E-state index contributed by atoms with van der Waals surface area (Å²) in [5, 5.41) is 3.83. The molecule has 1 N–H and O–H groups in total. The van der Waals surface area contributed by atoms with Crippen LogP contribution >= 0.6 is 23.2 Å². The van der Waals surface area contributed by atoms with Crippen LogP contribution in [0, 0.1) is 0 Å². The van der Waals surface area contributed by atoms with Gasteiger partial charge in [0.05, 0.1) is 4.90 Å². The summed E-state index contributed by atoms with van der Waals surface area (Å²) in [6, 6.07) is 11.5. The van der Waals surface area contributed by atoms with Gasteiger partial charge in [-0.05, 0) is 61.2 Å². The smallest absolute Gasteiger partial charge is 0.243 e. The summed E-state index contributed by atoms with van der Waals surface area (Å²) in [7, 11) is -3.45. The third kappa shape index (κ3) is 4.82. The summed E-state index contributed by atoms with van der Waals surface area (Å²) in [6.45, 7) is 1.12. The van der Waals surface area contributed by atoms with Crippen molar-refractivity contribution >= 4 is 44.8 Å². The van der Waals surface area contributed by atoms with Gasteiger partial charge >= 0.3 is 0 Å². The molecule has 0 saturated carbocycles. The quantitative estimate of drug-likeness (QED) is 0.746. The highest BCUT2D eigenvalue weighted by Crippen LogP contribution is 2.26. The van der Waals surface area contributed by atoms with E-state index in [-0.39, 0.29) is 17.2 Å². The Hall–Kier alpha value is -1.60. The highest BCUT2D eigenvalue weighted by molar-refractivity contribution is 7.89. The van der Waals surface area contributed by atoms with Gasteiger partial charge in [-0.2, -0.15) is 4.31 Å². The number of amides is 1. The zero-order valence-electron chi connectivity index (χ0n) is 14.6. The van der Waals surface area contributed by atoms with Gasteiger partial charge in [-0.3, -0.25) is 4.79 Å². The second-order valence-corrected chi connectivity index (χ2v) is 9.14. The Kier molecular flexibility index (Phi) is 6.42. The molecule has 2 aromatic rings. The fourth-order valence-electron chi connectivity index (χ4n) is 3.02. The predicted molar refractivity (Wildman–Crippen MR) is 108 cm³/mol. The number of anilines is 1. The molecule has 1 saturated heterocycles. The number of hydrogen-bond donors (Lipinski definition) is 1. The Balaban J connectivity index is 1.60. The molecule has 1 aliphatic heterocycles. The largest absolute Gasteiger partial charge is 0.326 e. The number of hydrogen-bond acceptors (Lipinski definition) is 3. The monoisotopic (exact) mass is 426 g/mol. The Labute approximate surface area is 169 Å². The molecule has 1 amide bonds. The summed E-state index contributed by atoms with van der Waals surface area (Å²) >= 11 is 12.2. The van der Waals surface area contributed by atoms with E-state index < -0.39 is 10.0 Å². The topological polar surface area (TPSA) is 66.5 Å². The number of benzene rings is 2. The lowest BCUT2D eigenvalue weighted by molar-refractivity contribution is -0.116. The number of nitrogens with one attached hydrogen (secondary N) is 1. The summed E-state index contributed by atoms with van der Waals surface area (Å²) in [6.07, 6.45) is 2.43. The fraction of sp³-hybridized carbons (Fsp3) is 0.316. The lowest BCUT2D eigenvalue weighted by Crippen LogP contribution is -2.27. The molecular weight excluding hydrogens is 407 g/mol. The number of rotatable bonds is 6. The summed E-state index contributed by atoms with van der Waals surface area (Å²) in [5.41, 5.74) is 1.29. The van der Waals surface area contributed by atoms with Gasteiger partial charge < -0.3 is 5.32 Å². The van der Waals surface area contributed by atoms with Crippen LogP contribution < -0.4 is 5.32 Å². The average Bonchev–Trinajstić information content (AvgIpc) is 3.17. The van der Waals surface area contributed by atoms with Crippen LogP contribution in [0.15, 0.2) is 47.4 Å². The molecular formula is C19H20Cl2N2O3S. The van der Waals surface area contributed by atoms with E-state index in [1.807, 2.05) is 0 Å². The minimum atomic E-state index is -3.45. The van der Waals surface area contributed by atoms with E-state index >= 15 is 0 Å². The van der Waals surface area contributed by atoms with Gasteiger partial charge in [0.15, 0.2) is 0 Å². The maximum absolute atomic E-state index is 12.5. The lowest BCUT2D eigenvalue weighted by atomic mass is 10.1. The SMILES string of the molecule is O=C(CCc1c(Cl)cccc1Cl)Nc1ccc(S(=O)(=O)N2CCCC2)cc1. The lowest BCUT2D eigenvalue weighted by Gasteiger charge is -2.15. The van der Waals surface area contributed by atoms with Crippen LogP contribution in [0.4, 0.5) is 5.69 Å². The van der Waals surface area contributed by atoms with Crippen LogP contribution in [0.25, 0.3) is 0 Å². The van der Waals surface area contributed by atoms with E-state index in [2.05, 4.69) is 5.32 Å². The predicted octanol–water partition coefficient (Wildman–Crippen LogP) is 4.35. The number of halogens is 2. The Morgan fingerprint density at radius 3 is 2.19 bits per heavy atom. The van der Waals surface area contributed by atoms with Gasteiger partial charge in [0.25, 0.3) is 0 Å². The van der Waals surface area contributed by atoms with Crippen LogP contribution in [0.3, 0.4) is 0 Å². The summed E-state index contributed by atoms with van der Waals surface area (Å²) < 4.78 is 26.5. The first kappa shape index (κ1) is 20.1. The summed E-state index contributed by atoms with van der Waals surface area (Å²) in [4.78, 5) is 12.4. The van der Waals surface area contributed by atoms with Gasteiger partial charge in [-0.15, -0.1) is 0 Å². The molecule has 0 unspecified atom stereocenters. The third-order valence-electron chi connectivity index (χ3n) is 4.50. The maximum atomic E-state index is 12.5. The maximum Gasteiger partial charge on any atom is 0.243 e. The first-order valence-electron chi connectivity index (χ1n) is 8.71. The van der Waals surface area contributed by atoms with Crippen molar-refractivity contribution in [2.45, 2.75) is 30.6 Å². The zero-order chi connectivity index (χ0) is 19.4. The molecule has 1 fully saturated rings. The molecule has 0 aliphatic carbocycles. The zero-order valence-corrected chi connectivity index (χ0v) is 16.9.